The predicted molar refractivity (Wildman–Crippen MR) is 81.0 cm³/mol. The summed E-state index contributed by atoms with van der Waals surface area (Å²) in [6, 6.07) is 1.99. The van der Waals surface area contributed by atoms with Gasteiger partial charge in [-0.15, -0.1) is 0 Å². The van der Waals surface area contributed by atoms with Gasteiger partial charge in [0.25, 0.3) is 9.05 Å². The van der Waals surface area contributed by atoms with E-state index in [1.54, 1.807) is 0 Å². The van der Waals surface area contributed by atoms with Crippen LogP contribution in [0.5, 0.6) is 0 Å². The fraction of sp³-hybridized carbons (Fsp3) is 0.538. The first-order chi connectivity index (χ1) is 9.85. The fourth-order valence-electron chi connectivity index (χ4n) is 2.28. The molecule has 0 aliphatic heterocycles. The largest absolute Gasteiger partial charge is 0.328 e. The summed E-state index contributed by atoms with van der Waals surface area (Å²) in [5.41, 5.74) is 1.96. The number of hydrogen-bond donors (Lipinski definition) is 0. The molecule has 0 bridgehead atoms. The second kappa shape index (κ2) is 6.19. The normalized spacial score (nSPS) is 12.0. The quantitative estimate of drug-likeness (QED) is 0.762. The van der Waals surface area contributed by atoms with Crippen molar-refractivity contribution in [2.24, 2.45) is 0 Å². The van der Waals surface area contributed by atoms with E-state index in [1.165, 1.54) is 6.20 Å². The van der Waals surface area contributed by atoms with Crippen LogP contribution in [0.15, 0.2) is 17.3 Å². The maximum Gasteiger partial charge on any atom is 0.280 e. The van der Waals surface area contributed by atoms with Crippen molar-refractivity contribution in [1.82, 2.24) is 19.3 Å². The first-order valence-corrected chi connectivity index (χ1v) is 9.20. The second-order valence-electron chi connectivity index (χ2n) is 4.90. The van der Waals surface area contributed by atoms with Crippen LogP contribution in [0.25, 0.3) is 0 Å². The van der Waals surface area contributed by atoms with E-state index < -0.39 is 9.05 Å². The molecule has 0 amide bonds. The lowest BCUT2D eigenvalue weighted by Crippen LogP contribution is -2.09. The van der Waals surface area contributed by atoms with Crippen molar-refractivity contribution in [1.29, 1.82) is 0 Å². The first-order valence-electron chi connectivity index (χ1n) is 6.89. The van der Waals surface area contributed by atoms with Crippen molar-refractivity contribution >= 4 is 19.7 Å². The van der Waals surface area contributed by atoms with Gasteiger partial charge in [0.1, 0.15) is 5.82 Å². The van der Waals surface area contributed by atoms with Gasteiger partial charge in [-0.3, -0.25) is 4.68 Å². The Balaban J connectivity index is 2.40. The van der Waals surface area contributed by atoms with Gasteiger partial charge < -0.3 is 4.57 Å². The van der Waals surface area contributed by atoms with E-state index in [2.05, 4.69) is 10.1 Å². The van der Waals surface area contributed by atoms with Crippen LogP contribution < -0.4 is 0 Å². The third kappa shape index (κ3) is 3.65. The van der Waals surface area contributed by atoms with Gasteiger partial charge in [-0.1, -0.05) is 6.92 Å². The predicted octanol–water partition coefficient (Wildman–Crippen LogP) is 2.34. The Kier molecular flexibility index (Phi) is 4.73. The number of imidazole rings is 1. The van der Waals surface area contributed by atoms with Crippen molar-refractivity contribution in [2.45, 2.75) is 51.7 Å². The summed E-state index contributed by atoms with van der Waals surface area (Å²) in [7, 11) is 1.58. The summed E-state index contributed by atoms with van der Waals surface area (Å²) in [4.78, 5) is 4.14. The molecular weight excluding hydrogens is 312 g/mol. The smallest absolute Gasteiger partial charge is 0.280 e. The average molecular weight is 331 g/mol. The third-order valence-corrected chi connectivity index (χ3v) is 4.35. The summed E-state index contributed by atoms with van der Waals surface area (Å²) in [5, 5.41) is 4.30. The van der Waals surface area contributed by atoms with Crippen molar-refractivity contribution in [2.75, 3.05) is 0 Å². The average Bonchev–Trinajstić information content (AvgIpc) is 2.94. The summed E-state index contributed by atoms with van der Waals surface area (Å²) in [5.74, 6) is 0.721. The monoisotopic (exact) mass is 330 g/mol. The van der Waals surface area contributed by atoms with E-state index in [9.17, 15) is 8.42 Å². The van der Waals surface area contributed by atoms with Crippen LogP contribution in [0.4, 0.5) is 0 Å². The molecule has 0 aromatic carbocycles. The lowest BCUT2D eigenvalue weighted by atomic mass is 10.3. The van der Waals surface area contributed by atoms with Crippen LogP contribution in [-0.4, -0.2) is 27.7 Å². The van der Waals surface area contributed by atoms with E-state index in [0.717, 1.165) is 30.2 Å². The third-order valence-electron chi connectivity index (χ3n) is 3.18. The minimum Gasteiger partial charge on any atom is -0.328 e. The van der Waals surface area contributed by atoms with E-state index in [-0.39, 0.29) is 5.03 Å². The SMILES string of the molecule is CCCc1nc(S(=O)(=O)Cl)cn1Cc1cc(C)nn1CC. The molecule has 0 fully saturated rings. The molecule has 0 spiro atoms. The zero-order valence-electron chi connectivity index (χ0n) is 12.4. The lowest BCUT2D eigenvalue weighted by molar-refractivity contribution is 0.586. The highest BCUT2D eigenvalue weighted by Gasteiger charge is 2.18. The molecule has 0 unspecified atom stereocenters. The van der Waals surface area contributed by atoms with Gasteiger partial charge in [0.05, 0.1) is 17.9 Å². The number of halogens is 1. The summed E-state index contributed by atoms with van der Waals surface area (Å²) in [6.45, 7) is 7.27. The molecule has 0 saturated heterocycles. The minimum absolute atomic E-state index is 0.0908. The maximum absolute atomic E-state index is 11.5. The van der Waals surface area contributed by atoms with Gasteiger partial charge in [0, 0.05) is 29.8 Å². The zero-order valence-corrected chi connectivity index (χ0v) is 13.9. The maximum atomic E-state index is 11.5. The molecule has 21 heavy (non-hydrogen) atoms. The molecule has 0 aliphatic rings. The van der Waals surface area contributed by atoms with Crippen LogP contribution in [-0.2, 0) is 28.6 Å². The van der Waals surface area contributed by atoms with Crippen molar-refractivity contribution in [3.63, 3.8) is 0 Å². The van der Waals surface area contributed by atoms with Gasteiger partial charge in [0.2, 0.25) is 0 Å². The van der Waals surface area contributed by atoms with E-state index in [1.807, 2.05) is 36.1 Å². The number of rotatable bonds is 6. The minimum atomic E-state index is -3.81. The van der Waals surface area contributed by atoms with E-state index in [4.69, 9.17) is 10.7 Å². The standard InChI is InChI=1S/C13H19ClN4O2S/c1-4-6-12-15-13(21(14,19)20)9-17(12)8-11-7-10(3)16-18(11)5-2/h7,9H,4-6,8H2,1-3H3. The Morgan fingerprint density at radius 2 is 2.05 bits per heavy atom. The second-order valence-corrected chi connectivity index (χ2v) is 7.42. The van der Waals surface area contributed by atoms with Crippen molar-refractivity contribution in [3.8, 4) is 0 Å². The molecular formula is C13H19ClN4O2S. The fourth-order valence-corrected chi connectivity index (χ4v) is 2.97. The Labute approximate surface area is 129 Å². The van der Waals surface area contributed by atoms with Gasteiger partial charge >= 0.3 is 0 Å². The van der Waals surface area contributed by atoms with Gasteiger partial charge in [0.15, 0.2) is 5.03 Å². The van der Waals surface area contributed by atoms with Crippen LogP contribution in [0.2, 0.25) is 0 Å². The number of nitrogens with zero attached hydrogens (tertiary/aromatic N) is 4. The molecule has 2 aromatic rings. The number of hydrogen-bond acceptors (Lipinski definition) is 4. The van der Waals surface area contributed by atoms with Crippen molar-refractivity contribution < 1.29 is 8.42 Å². The molecule has 116 valence electrons. The molecule has 0 radical (unpaired) electrons. The summed E-state index contributed by atoms with van der Waals surface area (Å²) in [6.07, 6.45) is 3.08. The van der Waals surface area contributed by atoms with Gasteiger partial charge in [-0.2, -0.15) is 5.10 Å². The molecule has 0 aliphatic carbocycles. The summed E-state index contributed by atoms with van der Waals surface area (Å²) < 4.78 is 26.6. The molecule has 2 rings (SSSR count). The molecule has 2 heterocycles. The van der Waals surface area contributed by atoms with Crippen LogP contribution in [0.3, 0.4) is 0 Å². The number of aryl methyl sites for hydroxylation is 3. The zero-order chi connectivity index (χ0) is 15.6. The first kappa shape index (κ1) is 16.0. The molecule has 0 saturated carbocycles. The Hall–Kier alpha value is -1.34. The highest BCUT2D eigenvalue weighted by molar-refractivity contribution is 8.13. The topological polar surface area (TPSA) is 69.8 Å². The Bertz CT molecular complexity index is 733. The molecule has 0 N–H and O–H groups in total. The van der Waals surface area contributed by atoms with Crippen LogP contribution in [0.1, 0.15) is 37.5 Å². The van der Waals surface area contributed by atoms with Crippen molar-refractivity contribution in [3.05, 3.63) is 29.5 Å². The Morgan fingerprint density at radius 1 is 1.33 bits per heavy atom. The van der Waals surface area contributed by atoms with E-state index in [0.29, 0.717) is 13.0 Å². The number of aromatic nitrogens is 4. The summed E-state index contributed by atoms with van der Waals surface area (Å²) >= 11 is 0. The molecule has 2 aromatic heterocycles. The van der Waals surface area contributed by atoms with Gasteiger partial charge in [-0.05, 0) is 26.3 Å². The van der Waals surface area contributed by atoms with Crippen LogP contribution >= 0.6 is 10.7 Å². The van der Waals surface area contributed by atoms with Gasteiger partial charge in [-0.25, -0.2) is 13.4 Å². The molecule has 8 heteroatoms. The molecule has 6 nitrogen and oxygen atoms in total. The van der Waals surface area contributed by atoms with Crippen LogP contribution in [0, 0.1) is 6.92 Å². The molecule has 0 atom stereocenters. The Morgan fingerprint density at radius 3 is 2.62 bits per heavy atom. The highest BCUT2D eigenvalue weighted by atomic mass is 35.7. The highest BCUT2D eigenvalue weighted by Crippen LogP contribution is 2.17. The lowest BCUT2D eigenvalue weighted by Gasteiger charge is -2.08. The van der Waals surface area contributed by atoms with E-state index >= 15 is 0 Å².